The van der Waals surface area contributed by atoms with Gasteiger partial charge in [-0.15, -0.1) is 0 Å². The van der Waals surface area contributed by atoms with E-state index in [4.69, 9.17) is 9.15 Å². The first-order valence-electron chi connectivity index (χ1n) is 6.06. The standard InChI is InChI=1S/C14H19NO2/c1-4-8-15-10(2)13-9-11-6-5-7-12(16-3)14(11)17-13/h5-7,9-10,15H,4,8H2,1-3H3. The van der Waals surface area contributed by atoms with Crippen molar-refractivity contribution in [2.75, 3.05) is 13.7 Å². The number of ether oxygens (including phenoxy) is 1. The molecule has 1 atom stereocenters. The van der Waals surface area contributed by atoms with Crippen LogP contribution in [-0.4, -0.2) is 13.7 Å². The predicted molar refractivity (Wildman–Crippen MR) is 69.5 cm³/mol. The average Bonchev–Trinajstić information content (AvgIpc) is 2.79. The number of furan rings is 1. The summed E-state index contributed by atoms with van der Waals surface area (Å²) in [4.78, 5) is 0. The third-order valence-corrected chi connectivity index (χ3v) is 2.87. The van der Waals surface area contributed by atoms with Gasteiger partial charge in [0.25, 0.3) is 0 Å². The van der Waals surface area contributed by atoms with E-state index in [0.29, 0.717) is 0 Å². The molecule has 1 aromatic heterocycles. The van der Waals surface area contributed by atoms with Gasteiger partial charge in [-0.05, 0) is 32.0 Å². The molecule has 1 heterocycles. The molecular formula is C14H19NO2. The zero-order valence-corrected chi connectivity index (χ0v) is 10.6. The lowest BCUT2D eigenvalue weighted by Crippen LogP contribution is -2.18. The summed E-state index contributed by atoms with van der Waals surface area (Å²) < 4.78 is 11.1. The van der Waals surface area contributed by atoms with E-state index in [9.17, 15) is 0 Å². The minimum absolute atomic E-state index is 0.229. The smallest absolute Gasteiger partial charge is 0.176 e. The van der Waals surface area contributed by atoms with Crippen molar-refractivity contribution < 1.29 is 9.15 Å². The summed E-state index contributed by atoms with van der Waals surface area (Å²) >= 11 is 0. The van der Waals surface area contributed by atoms with Crippen LogP contribution < -0.4 is 10.1 Å². The molecule has 0 radical (unpaired) electrons. The van der Waals surface area contributed by atoms with Gasteiger partial charge in [0.2, 0.25) is 0 Å². The van der Waals surface area contributed by atoms with E-state index in [0.717, 1.165) is 35.4 Å². The third-order valence-electron chi connectivity index (χ3n) is 2.87. The fourth-order valence-electron chi connectivity index (χ4n) is 1.89. The molecule has 1 aromatic carbocycles. The van der Waals surface area contributed by atoms with Crippen LogP contribution in [0.15, 0.2) is 28.7 Å². The molecule has 1 unspecified atom stereocenters. The molecule has 0 saturated carbocycles. The van der Waals surface area contributed by atoms with Crippen molar-refractivity contribution in [3.05, 3.63) is 30.0 Å². The lowest BCUT2D eigenvalue weighted by molar-refractivity contribution is 0.400. The highest BCUT2D eigenvalue weighted by atomic mass is 16.5. The van der Waals surface area contributed by atoms with Crippen LogP contribution in [0, 0.1) is 0 Å². The number of rotatable bonds is 5. The number of nitrogens with one attached hydrogen (secondary N) is 1. The maximum Gasteiger partial charge on any atom is 0.176 e. The molecule has 0 bridgehead atoms. The van der Waals surface area contributed by atoms with Crippen LogP contribution in [0.5, 0.6) is 5.75 Å². The number of hydrogen-bond acceptors (Lipinski definition) is 3. The van der Waals surface area contributed by atoms with Crippen LogP contribution in [0.25, 0.3) is 11.0 Å². The van der Waals surface area contributed by atoms with Crippen molar-refractivity contribution in [3.63, 3.8) is 0 Å². The van der Waals surface area contributed by atoms with Gasteiger partial charge in [0.05, 0.1) is 13.2 Å². The van der Waals surface area contributed by atoms with Crippen molar-refractivity contribution in [2.24, 2.45) is 0 Å². The Labute approximate surface area is 102 Å². The quantitative estimate of drug-likeness (QED) is 0.858. The molecule has 1 N–H and O–H groups in total. The summed E-state index contributed by atoms with van der Waals surface area (Å²) in [7, 11) is 1.66. The van der Waals surface area contributed by atoms with Crippen LogP contribution in [-0.2, 0) is 0 Å². The van der Waals surface area contributed by atoms with Gasteiger partial charge in [-0.2, -0.15) is 0 Å². The van der Waals surface area contributed by atoms with Crippen molar-refractivity contribution in [1.82, 2.24) is 5.32 Å². The summed E-state index contributed by atoms with van der Waals surface area (Å²) in [6.45, 7) is 5.26. The largest absolute Gasteiger partial charge is 0.493 e. The second kappa shape index (κ2) is 5.23. The van der Waals surface area contributed by atoms with Crippen LogP contribution >= 0.6 is 0 Å². The molecule has 92 valence electrons. The van der Waals surface area contributed by atoms with E-state index < -0.39 is 0 Å². The lowest BCUT2D eigenvalue weighted by atomic mass is 10.2. The fraction of sp³-hybridized carbons (Fsp3) is 0.429. The Morgan fingerprint density at radius 1 is 1.41 bits per heavy atom. The van der Waals surface area contributed by atoms with Gasteiger partial charge in [-0.25, -0.2) is 0 Å². The molecule has 0 amide bonds. The monoisotopic (exact) mass is 233 g/mol. The molecule has 0 aliphatic carbocycles. The molecule has 0 fully saturated rings. The first kappa shape index (κ1) is 12.0. The molecular weight excluding hydrogens is 214 g/mol. The van der Waals surface area contributed by atoms with Crippen molar-refractivity contribution >= 4 is 11.0 Å². The zero-order valence-electron chi connectivity index (χ0n) is 10.6. The Kier molecular flexibility index (Phi) is 3.69. The summed E-state index contributed by atoms with van der Waals surface area (Å²) in [5.74, 6) is 1.74. The zero-order chi connectivity index (χ0) is 12.3. The Morgan fingerprint density at radius 3 is 2.94 bits per heavy atom. The predicted octanol–water partition coefficient (Wildman–Crippen LogP) is 3.50. The molecule has 2 aromatic rings. The number of fused-ring (bicyclic) bond motifs is 1. The van der Waals surface area contributed by atoms with E-state index in [1.54, 1.807) is 7.11 Å². The maximum absolute atomic E-state index is 5.86. The minimum atomic E-state index is 0.229. The maximum atomic E-state index is 5.86. The first-order chi connectivity index (χ1) is 8.26. The van der Waals surface area contributed by atoms with Gasteiger partial charge >= 0.3 is 0 Å². The number of benzene rings is 1. The molecule has 0 aliphatic rings. The summed E-state index contributed by atoms with van der Waals surface area (Å²) in [6.07, 6.45) is 1.12. The SMILES string of the molecule is CCCNC(C)c1cc2cccc(OC)c2o1. The Morgan fingerprint density at radius 2 is 2.24 bits per heavy atom. The number of para-hydroxylation sites is 1. The highest BCUT2D eigenvalue weighted by Gasteiger charge is 2.12. The van der Waals surface area contributed by atoms with E-state index >= 15 is 0 Å². The van der Waals surface area contributed by atoms with Crippen molar-refractivity contribution in [1.29, 1.82) is 0 Å². The van der Waals surface area contributed by atoms with Gasteiger partial charge in [-0.1, -0.05) is 19.1 Å². The topological polar surface area (TPSA) is 34.4 Å². The normalized spacial score (nSPS) is 12.9. The highest BCUT2D eigenvalue weighted by molar-refractivity contribution is 5.83. The lowest BCUT2D eigenvalue weighted by Gasteiger charge is -2.09. The van der Waals surface area contributed by atoms with E-state index in [1.165, 1.54) is 0 Å². The van der Waals surface area contributed by atoms with Crippen LogP contribution in [0.4, 0.5) is 0 Å². The molecule has 3 heteroatoms. The average molecular weight is 233 g/mol. The van der Waals surface area contributed by atoms with Crippen molar-refractivity contribution in [2.45, 2.75) is 26.3 Å². The van der Waals surface area contributed by atoms with E-state index in [2.05, 4.69) is 25.2 Å². The summed E-state index contributed by atoms with van der Waals surface area (Å²) in [6, 6.07) is 8.24. The van der Waals surface area contributed by atoms with Crippen molar-refractivity contribution in [3.8, 4) is 5.75 Å². The van der Waals surface area contributed by atoms with E-state index in [1.807, 2.05) is 18.2 Å². The molecule has 0 spiro atoms. The first-order valence-corrected chi connectivity index (χ1v) is 6.06. The van der Waals surface area contributed by atoms with Crippen LogP contribution in [0.1, 0.15) is 32.1 Å². The summed E-state index contributed by atoms with van der Waals surface area (Å²) in [5, 5.41) is 4.50. The molecule has 3 nitrogen and oxygen atoms in total. The van der Waals surface area contributed by atoms with Gasteiger partial charge in [0.1, 0.15) is 5.76 Å². The van der Waals surface area contributed by atoms with E-state index in [-0.39, 0.29) is 6.04 Å². The Hall–Kier alpha value is -1.48. The highest BCUT2D eigenvalue weighted by Crippen LogP contribution is 2.30. The molecule has 0 saturated heterocycles. The molecule has 0 aliphatic heterocycles. The van der Waals surface area contributed by atoms with Gasteiger partial charge < -0.3 is 14.5 Å². The second-order valence-electron chi connectivity index (χ2n) is 4.20. The second-order valence-corrected chi connectivity index (χ2v) is 4.20. The third kappa shape index (κ3) is 2.44. The Balaban J connectivity index is 2.31. The van der Waals surface area contributed by atoms with Gasteiger partial charge in [-0.3, -0.25) is 0 Å². The van der Waals surface area contributed by atoms with Gasteiger partial charge in [0.15, 0.2) is 11.3 Å². The van der Waals surface area contributed by atoms with Crippen LogP contribution in [0.3, 0.4) is 0 Å². The molecule has 17 heavy (non-hydrogen) atoms. The minimum Gasteiger partial charge on any atom is -0.493 e. The fourth-order valence-corrected chi connectivity index (χ4v) is 1.89. The number of methoxy groups -OCH3 is 1. The number of hydrogen-bond donors (Lipinski definition) is 1. The molecule has 2 rings (SSSR count). The van der Waals surface area contributed by atoms with Gasteiger partial charge in [0, 0.05) is 5.39 Å². The Bertz CT molecular complexity index is 490. The summed E-state index contributed by atoms with van der Waals surface area (Å²) in [5.41, 5.74) is 0.829. The van der Waals surface area contributed by atoms with Crippen LogP contribution in [0.2, 0.25) is 0 Å².